The summed E-state index contributed by atoms with van der Waals surface area (Å²) in [7, 11) is 0. The summed E-state index contributed by atoms with van der Waals surface area (Å²) >= 11 is 1.79. The van der Waals surface area contributed by atoms with E-state index in [9.17, 15) is 10.1 Å². The maximum atomic E-state index is 10.6. The second-order valence-corrected chi connectivity index (χ2v) is 5.79. The normalized spacial score (nSPS) is 12.3. The molecule has 1 aromatic carbocycles. The number of nitro groups is 1. The van der Waals surface area contributed by atoms with Crippen molar-refractivity contribution in [2.75, 3.05) is 0 Å². The van der Waals surface area contributed by atoms with E-state index in [1.807, 2.05) is 0 Å². The standard InChI is InChI=1S/C14H16N2O2S/c1-10-3-8-14(19-10)11(2)15-9-12-4-6-13(7-5-12)16(17)18/h3-8,11,15H,9H2,1-2H3. The lowest BCUT2D eigenvalue weighted by molar-refractivity contribution is -0.384. The molecule has 0 saturated heterocycles. The number of hydrogen-bond acceptors (Lipinski definition) is 4. The molecule has 100 valence electrons. The zero-order valence-electron chi connectivity index (χ0n) is 10.9. The maximum absolute atomic E-state index is 10.6. The number of thiophene rings is 1. The number of benzene rings is 1. The van der Waals surface area contributed by atoms with Crippen LogP contribution in [0.3, 0.4) is 0 Å². The van der Waals surface area contributed by atoms with Gasteiger partial charge in [-0.1, -0.05) is 12.1 Å². The monoisotopic (exact) mass is 276 g/mol. The Hall–Kier alpha value is -1.72. The second-order valence-electron chi connectivity index (χ2n) is 4.47. The first-order chi connectivity index (χ1) is 9.06. The smallest absolute Gasteiger partial charge is 0.269 e. The first-order valence-corrected chi connectivity index (χ1v) is 6.91. The minimum absolute atomic E-state index is 0.130. The molecule has 1 heterocycles. The van der Waals surface area contributed by atoms with Crippen LogP contribution in [0.5, 0.6) is 0 Å². The Balaban J connectivity index is 1.93. The number of nitrogens with one attached hydrogen (secondary N) is 1. The highest BCUT2D eigenvalue weighted by Crippen LogP contribution is 2.22. The predicted molar refractivity (Wildman–Crippen MR) is 77.4 cm³/mol. The van der Waals surface area contributed by atoms with Crippen molar-refractivity contribution >= 4 is 17.0 Å². The van der Waals surface area contributed by atoms with E-state index in [1.165, 1.54) is 21.9 Å². The second kappa shape index (κ2) is 5.95. The minimum Gasteiger partial charge on any atom is -0.305 e. The molecule has 5 heteroatoms. The average molecular weight is 276 g/mol. The van der Waals surface area contributed by atoms with E-state index in [2.05, 4.69) is 31.3 Å². The van der Waals surface area contributed by atoms with Crippen molar-refractivity contribution in [1.29, 1.82) is 0 Å². The van der Waals surface area contributed by atoms with Crippen LogP contribution >= 0.6 is 11.3 Å². The summed E-state index contributed by atoms with van der Waals surface area (Å²) < 4.78 is 0. The van der Waals surface area contributed by atoms with Gasteiger partial charge in [0.25, 0.3) is 5.69 Å². The number of nitro benzene ring substituents is 1. The third kappa shape index (κ3) is 3.62. The molecule has 4 nitrogen and oxygen atoms in total. The van der Waals surface area contributed by atoms with Gasteiger partial charge in [0.1, 0.15) is 0 Å². The van der Waals surface area contributed by atoms with Crippen molar-refractivity contribution in [3.63, 3.8) is 0 Å². The summed E-state index contributed by atoms with van der Waals surface area (Å²) in [5.74, 6) is 0. The van der Waals surface area contributed by atoms with Gasteiger partial charge >= 0.3 is 0 Å². The third-order valence-corrected chi connectivity index (χ3v) is 4.13. The first kappa shape index (κ1) is 13.7. The molecule has 1 unspecified atom stereocenters. The van der Waals surface area contributed by atoms with Crippen molar-refractivity contribution in [3.05, 3.63) is 61.8 Å². The highest BCUT2D eigenvalue weighted by atomic mass is 32.1. The van der Waals surface area contributed by atoms with E-state index in [0.717, 1.165) is 5.56 Å². The van der Waals surface area contributed by atoms with Crippen LogP contribution in [0, 0.1) is 17.0 Å². The minimum atomic E-state index is -0.381. The fourth-order valence-electron chi connectivity index (χ4n) is 1.79. The van der Waals surface area contributed by atoms with Crippen LogP contribution < -0.4 is 5.32 Å². The Morgan fingerprint density at radius 3 is 2.47 bits per heavy atom. The Kier molecular flexibility index (Phi) is 4.29. The Bertz CT molecular complexity index is 563. The molecular formula is C14H16N2O2S. The zero-order valence-corrected chi connectivity index (χ0v) is 11.7. The summed E-state index contributed by atoms with van der Waals surface area (Å²) in [6.07, 6.45) is 0. The number of hydrogen-bond donors (Lipinski definition) is 1. The molecule has 2 rings (SSSR count). The number of non-ortho nitro benzene ring substituents is 1. The van der Waals surface area contributed by atoms with Crippen LogP contribution in [0.2, 0.25) is 0 Å². The fourth-order valence-corrected chi connectivity index (χ4v) is 2.70. The van der Waals surface area contributed by atoms with Crippen LogP contribution in [0.15, 0.2) is 36.4 Å². The van der Waals surface area contributed by atoms with Gasteiger partial charge in [-0.3, -0.25) is 10.1 Å². The van der Waals surface area contributed by atoms with Gasteiger partial charge < -0.3 is 5.32 Å². The van der Waals surface area contributed by atoms with Gasteiger partial charge in [-0.25, -0.2) is 0 Å². The largest absolute Gasteiger partial charge is 0.305 e. The van der Waals surface area contributed by atoms with Crippen molar-refractivity contribution < 1.29 is 4.92 Å². The molecule has 2 aromatic rings. The number of aryl methyl sites for hydroxylation is 1. The summed E-state index contributed by atoms with van der Waals surface area (Å²) in [6, 6.07) is 11.2. The SMILES string of the molecule is Cc1ccc(C(C)NCc2ccc([N+](=O)[O-])cc2)s1. The van der Waals surface area contributed by atoms with E-state index in [4.69, 9.17) is 0 Å². The van der Waals surface area contributed by atoms with Gasteiger partial charge in [-0.15, -0.1) is 11.3 Å². The molecule has 1 atom stereocenters. The van der Waals surface area contributed by atoms with Crippen LogP contribution in [0.25, 0.3) is 0 Å². The fraction of sp³-hybridized carbons (Fsp3) is 0.286. The van der Waals surface area contributed by atoms with Crippen molar-refractivity contribution in [2.45, 2.75) is 26.4 Å². The van der Waals surface area contributed by atoms with E-state index >= 15 is 0 Å². The molecule has 0 bridgehead atoms. The molecule has 0 aliphatic heterocycles. The molecule has 1 N–H and O–H groups in total. The Labute approximate surface area is 116 Å². The molecular weight excluding hydrogens is 260 g/mol. The zero-order chi connectivity index (χ0) is 13.8. The summed E-state index contributed by atoms with van der Waals surface area (Å²) in [5.41, 5.74) is 1.18. The quantitative estimate of drug-likeness (QED) is 0.667. The Morgan fingerprint density at radius 1 is 1.26 bits per heavy atom. The highest BCUT2D eigenvalue weighted by molar-refractivity contribution is 7.12. The van der Waals surface area contributed by atoms with Gasteiger partial charge in [0.15, 0.2) is 0 Å². The van der Waals surface area contributed by atoms with Crippen molar-refractivity contribution in [1.82, 2.24) is 5.32 Å². The molecule has 0 amide bonds. The van der Waals surface area contributed by atoms with Crippen LogP contribution in [-0.2, 0) is 6.54 Å². The molecule has 19 heavy (non-hydrogen) atoms. The van der Waals surface area contributed by atoms with Gasteiger partial charge in [-0.2, -0.15) is 0 Å². The summed E-state index contributed by atoms with van der Waals surface area (Å²) in [4.78, 5) is 12.8. The molecule has 0 aliphatic rings. The van der Waals surface area contributed by atoms with Gasteiger partial charge in [0, 0.05) is 34.5 Å². The van der Waals surface area contributed by atoms with Gasteiger partial charge in [0.05, 0.1) is 4.92 Å². The molecule has 1 aromatic heterocycles. The van der Waals surface area contributed by atoms with Crippen molar-refractivity contribution in [2.24, 2.45) is 0 Å². The molecule has 0 aliphatic carbocycles. The summed E-state index contributed by atoms with van der Waals surface area (Å²) in [5, 5.41) is 14.0. The van der Waals surface area contributed by atoms with Crippen molar-refractivity contribution in [3.8, 4) is 0 Å². The molecule has 0 fully saturated rings. The van der Waals surface area contributed by atoms with E-state index in [1.54, 1.807) is 23.5 Å². The van der Waals surface area contributed by atoms with E-state index < -0.39 is 0 Å². The predicted octanol–water partition coefficient (Wildman–Crippen LogP) is 3.82. The summed E-state index contributed by atoms with van der Waals surface area (Å²) in [6.45, 7) is 4.92. The first-order valence-electron chi connectivity index (χ1n) is 6.09. The topological polar surface area (TPSA) is 55.2 Å². The lowest BCUT2D eigenvalue weighted by Crippen LogP contribution is -2.17. The van der Waals surface area contributed by atoms with Crippen LogP contribution in [-0.4, -0.2) is 4.92 Å². The van der Waals surface area contributed by atoms with Crippen LogP contribution in [0.4, 0.5) is 5.69 Å². The molecule has 0 saturated carbocycles. The highest BCUT2D eigenvalue weighted by Gasteiger charge is 2.08. The lowest BCUT2D eigenvalue weighted by Gasteiger charge is -2.11. The average Bonchev–Trinajstić information content (AvgIpc) is 2.83. The van der Waals surface area contributed by atoms with E-state index in [-0.39, 0.29) is 16.7 Å². The maximum Gasteiger partial charge on any atom is 0.269 e. The number of rotatable bonds is 5. The third-order valence-electron chi connectivity index (χ3n) is 2.95. The van der Waals surface area contributed by atoms with Crippen LogP contribution in [0.1, 0.15) is 28.3 Å². The van der Waals surface area contributed by atoms with Gasteiger partial charge in [-0.05, 0) is 31.5 Å². The number of nitrogens with zero attached hydrogens (tertiary/aromatic N) is 1. The molecule has 0 radical (unpaired) electrons. The lowest BCUT2D eigenvalue weighted by atomic mass is 10.2. The van der Waals surface area contributed by atoms with Gasteiger partial charge in [0.2, 0.25) is 0 Å². The molecule has 0 spiro atoms. The van der Waals surface area contributed by atoms with E-state index in [0.29, 0.717) is 6.54 Å². The Morgan fingerprint density at radius 2 is 1.95 bits per heavy atom.